The lowest BCUT2D eigenvalue weighted by atomic mass is 9.77. The molecule has 0 aromatic heterocycles. The molecule has 1 saturated carbocycles. The van der Waals surface area contributed by atoms with E-state index in [1.54, 1.807) is 0 Å². The lowest BCUT2D eigenvalue weighted by molar-refractivity contribution is -0.138. The number of fused-ring (bicyclic) bond motifs is 2. The van der Waals surface area contributed by atoms with E-state index in [-0.39, 0.29) is 18.0 Å². The Balaban J connectivity index is 0.988. The number of carboxylic acid groups (broad SMARTS) is 1. The van der Waals surface area contributed by atoms with E-state index in [9.17, 15) is 9.59 Å². The van der Waals surface area contributed by atoms with Gasteiger partial charge in [0.05, 0.1) is 12.1 Å². The number of allylic oxidation sites excluding steroid dienone is 2. The predicted octanol–water partition coefficient (Wildman–Crippen LogP) is 5.54. The zero-order valence-electron chi connectivity index (χ0n) is 23.0. The van der Waals surface area contributed by atoms with Gasteiger partial charge in [0.25, 0.3) is 5.91 Å². The van der Waals surface area contributed by atoms with Crippen LogP contribution < -0.4 is 10.6 Å². The standard InChI is InChI=1S/C34H34N4O3/c39-32(40)15-20-1-3-21(4-2-20)22-5-7-23(8-6-22)29-13-11-26(18-35-29)33-37-30-14-10-25(17-31(30)38-33)24-9-12-28-27(16-24)19-36-34(28)41/h5-10,12,14,16-18,20-21,30-31H,1-4,11,13,15,19H2,(H,36,41)(H,37,38)(H,39,40). The van der Waals surface area contributed by atoms with Gasteiger partial charge in [-0.25, -0.2) is 0 Å². The Hall–Kier alpha value is -4.26. The lowest BCUT2D eigenvalue weighted by Crippen LogP contribution is -2.34. The van der Waals surface area contributed by atoms with Crippen molar-refractivity contribution in [3.63, 3.8) is 0 Å². The van der Waals surface area contributed by atoms with Crippen LogP contribution in [0.25, 0.3) is 5.57 Å². The van der Waals surface area contributed by atoms with Gasteiger partial charge in [0, 0.05) is 36.0 Å². The number of hydrogen-bond donors (Lipinski definition) is 3. The van der Waals surface area contributed by atoms with Gasteiger partial charge in [-0.1, -0.05) is 48.6 Å². The molecule has 0 radical (unpaired) electrons. The second-order valence-electron chi connectivity index (χ2n) is 11.8. The summed E-state index contributed by atoms with van der Waals surface area (Å²) in [5.74, 6) is 1.11. The second kappa shape index (κ2) is 10.6. The molecule has 7 heteroatoms. The van der Waals surface area contributed by atoms with Crippen molar-refractivity contribution in [1.82, 2.24) is 10.6 Å². The summed E-state index contributed by atoms with van der Waals surface area (Å²) in [6.45, 7) is 0.592. The first kappa shape index (κ1) is 25.7. The Morgan fingerprint density at radius 2 is 1.80 bits per heavy atom. The Morgan fingerprint density at radius 3 is 2.56 bits per heavy atom. The number of hydrogen-bond acceptors (Lipinski definition) is 5. The molecule has 7 nitrogen and oxygen atoms in total. The summed E-state index contributed by atoms with van der Waals surface area (Å²) in [5, 5.41) is 15.6. The highest BCUT2D eigenvalue weighted by Crippen LogP contribution is 2.37. The highest BCUT2D eigenvalue weighted by atomic mass is 16.4. The number of amides is 1. The molecule has 2 aromatic rings. The van der Waals surface area contributed by atoms with Gasteiger partial charge in [-0.15, -0.1) is 0 Å². The summed E-state index contributed by atoms with van der Waals surface area (Å²) in [6, 6.07) is 15.1. The van der Waals surface area contributed by atoms with Gasteiger partial charge in [0.1, 0.15) is 5.84 Å². The van der Waals surface area contributed by atoms with E-state index >= 15 is 0 Å². The fourth-order valence-electron chi connectivity index (χ4n) is 6.87. The average molecular weight is 547 g/mol. The van der Waals surface area contributed by atoms with E-state index in [1.165, 1.54) is 11.1 Å². The summed E-state index contributed by atoms with van der Waals surface area (Å²) >= 11 is 0. The number of carbonyl (C=O) groups is 2. The van der Waals surface area contributed by atoms with Crippen LogP contribution in [0.3, 0.4) is 0 Å². The van der Waals surface area contributed by atoms with Crippen LogP contribution in [-0.4, -0.2) is 40.6 Å². The molecule has 2 aromatic carbocycles. The van der Waals surface area contributed by atoms with Crippen LogP contribution in [0.1, 0.15) is 83.5 Å². The van der Waals surface area contributed by atoms with Crippen molar-refractivity contribution in [2.45, 2.75) is 69.5 Å². The molecule has 0 bridgehead atoms. The molecular weight excluding hydrogens is 512 g/mol. The zero-order chi connectivity index (χ0) is 27.9. The van der Waals surface area contributed by atoms with E-state index in [0.29, 0.717) is 24.8 Å². The molecule has 7 rings (SSSR count). The maximum atomic E-state index is 11.9. The van der Waals surface area contributed by atoms with Crippen molar-refractivity contribution in [2.24, 2.45) is 15.9 Å². The minimum atomic E-state index is -0.677. The summed E-state index contributed by atoms with van der Waals surface area (Å²) in [4.78, 5) is 32.7. The van der Waals surface area contributed by atoms with Gasteiger partial charge in [0.2, 0.25) is 0 Å². The number of rotatable bonds is 6. The van der Waals surface area contributed by atoms with E-state index in [2.05, 4.69) is 59.2 Å². The normalized spacial score (nSPS) is 26.6. The zero-order valence-corrected chi connectivity index (χ0v) is 23.0. The molecule has 1 amide bonds. The quantitative estimate of drug-likeness (QED) is 0.443. The van der Waals surface area contributed by atoms with Gasteiger partial charge in [-0.2, -0.15) is 0 Å². The van der Waals surface area contributed by atoms with Gasteiger partial charge in [-0.3, -0.25) is 19.6 Å². The van der Waals surface area contributed by atoms with Gasteiger partial charge in [-0.05, 0) is 90.3 Å². The average Bonchev–Trinajstić information content (AvgIpc) is 3.60. The van der Waals surface area contributed by atoms with Gasteiger partial charge in [0.15, 0.2) is 0 Å². The summed E-state index contributed by atoms with van der Waals surface area (Å²) in [5.41, 5.74) is 8.86. The first-order chi connectivity index (χ1) is 20.0. The molecule has 3 heterocycles. The van der Waals surface area contributed by atoms with Gasteiger partial charge >= 0.3 is 5.97 Å². The van der Waals surface area contributed by atoms with Crippen LogP contribution in [0.4, 0.5) is 0 Å². The highest BCUT2D eigenvalue weighted by Gasteiger charge is 2.30. The van der Waals surface area contributed by atoms with E-state index in [0.717, 1.165) is 77.9 Å². The number of aliphatic imine (C=N–C) groups is 2. The molecule has 0 saturated heterocycles. The second-order valence-corrected chi connectivity index (χ2v) is 11.8. The molecule has 208 valence electrons. The van der Waals surface area contributed by atoms with E-state index < -0.39 is 5.97 Å². The monoisotopic (exact) mass is 546 g/mol. The number of carboxylic acids is 1. The first-order valence-corrected chi connectivity index (χ1v) is 14.7. The van der Waals surface area contributed by atoms with Crippen LogP contribution in [-0.2, 0) is 11.3 Å². The van der Waals surface area contributed by atoms with Crippen molar-refractivity contribution in [3.8, 4) is 0 Å². The molecule has 41 heavy (non-hydrogen) atoms. The maximum absolute atomic E-state index is 11.9. The summed E-state index contributed by atoms with van der Waals surface area (Å²) in [7, 11) is 0. The maximum Gasteiger partial charge on any atom is 0.303 e. The van der Waals surface area contributed by atoms with Crippen molar-refractivity contribution in [3.05, 3.63) is 100 Å². The number of aliphatic carboxylic acids is 1. The molecule has 1 fully saturated rings. The van der Waals surface area contributed by atoms with Crippen molar-refractivity contribution in [2.75, 3.05) is 0 Å². The van der Waals surface area contributed by atoms with Crippen LogP contribution in [0.15, 0.2) is 82.5 Å². The van der Waals surface area contributed by atoms with Crippen molar-refractivity contribution >= 4 is 29.0 Å². The molecular formula is C34H34N4O3. The van der Waals surface area contributed by atoms with E-state index in [1.807, 2.05) is 18.3 Å². The highest BCUT2D eigenvalue weighted by molar-refractivity contribution is 6.06. The Morgan fingerprint density at radius 1 is 1.00 bits per heavy atom. The summed E-state index contributed by atoms with van der Waals surface area (Å²) in [6.07, 6.45) is 14.7. The van der Waals surface area contributed by atoms with Crippen LogP contribution in [0, 0.1) is 5.92 Å². The Bertz CT molecular complexity index is 1550. The number of carbonyl (C=O) groups excluding carboxylic acids is 1. The smallest absolute Gasteiger partial charge is 0.303 e. The molecule has 0 spiro atoms. The molecule has 5 aliphatic rings. The first-order valence-electron chi connectivity index (χ1n) is 14.7. The lowest BCUT2D eigenvalue weighted by Gasteiger charge is -2.28. The number of nitrogens with one attached hydrogen (secondary N) is 2. The molecule has 3 aliphatic heterocycles. The minimum absolute atomic E-state index is 0.00678. The molecule has 2 unspecified atom stereocenters. The predicted molar refractivity (Wildman–Crippen MR) is 160 cm³/mol. The van der Waals surface area contributed by atoms with Crippen LogP contribution in [0.2, 0.25) is 0 Å². The largest absolute Gasteiger partial charge is 0.481 e. The third-order valence-corrected chi connectivity index (χ3v) is 9.24. The molecule has 2 aliphatic carbocycles. The third-order valence-electron chi connectivity index (χ3n) is 9.24. The minimum Gasteiger partial charge on any atom is -0.481 e. The SMILES string of the molecule is O=C(O)CC1CCC(c2ccc(C3=NC=C(C4=NC5C=CC(c6ccc7c(c6)CNC7=O)=CC5N4)CC3)cc2)CC1. The Labute approximate surface area is 239 Å². The fourth-order valence-corrected chi connectivity index (χ4v) is 6.87. The topological polar surface area (TPSA) is 103 Å². The number of benzene rings is 2. The van der Waals surface area contributed by atoms with Gasteiger partial charge < -0.3 is 15.7 Å². The van der Waals surface area contributed by atoms with Crippen molar-refractivity contribution < 1.29 is 14.7 Å². The van der Waals surface area contributed by atoms with E-state index in [4.69, 9.17) is 15.1 Å². The van der Waals surface area contributed by atoms with Crippen molar-refractivity contribution in [1.29, 1.82) is 0 Å². The van der Waals surface area contributed by atoms with Crippen LogP contribution >= 0.6 is 0 Å². The number of amidine groups is 1. The third kappa shape index (κ3) is 5.17. The van der Waals surface area contributed by atoms with Crippen LogP contribution in [0.5, 0.6) is 0 Å². The fraction of sp³-hybridized carbons (Fsp3) is 0.353. The number of nitrogens with zero attached hydrogens (tertiary/aromatic N) is 2. The molecule has 3 N–H and O–H groups in total. The molecule has 2 atom stereocenters. The summed E-state index contributed by atoms with van der Waals surface area (Å²) < 4.78 is 0. The Kier molecular flexibility index (Phi) is 6.65.